The first kappa shape index (κ1) is 14.5. The second-order valence-corrected chi connectivity index (χ2v) is 5.02. The highest BCUT2D eigenvalue weighted by Crippen LogP contribution is 2.32. The molecular weight excluding hydrogens is 302 g/mol. The molecule has 1 heterocycles. The van der Waals surface area contributed by atoms with Crippen molar-refractivity contribution < 1.29 is 13.9 Å². The maximum atomic E-state index is 5.94. The van der Waals surface area contributed by atoms with Gasteiger partial charge in [-0.3, -0.25) is 0 Å². The largest absolute Gasteiger partial charge is 0.493 e. The molecule has 0 fully saturated rings. The number of ether oxygens (including phenoxy) is 2. The van der Waals surface area contributed by atoms with Crippen molar-refractivity contribution in [3.8, 4) is 11.5 Å². The molecule has 0 bridgehead atoms. The second kappa shape index (κ2) is 6.12. The highest BCUT2D eigenvalue weighted by molar-refractivity contribution is 6.31. The first-order valence-electron chi connectivity index (χ1n) is 6.66. The molecule has 3 aromatic rings. The number of methoxy groups -OCH3 is 2. The topological polar surface area (TPSA) is 44.5 Å². The van der Waals surface area contributed by atoms with Crippen LogP contribution in [0.15, 0.2) is 40.8 Å². The van der Waals surface area contributed by atoms with Gasteiger partial charge in [-0.1, -0.05) is 23.7 Å². The van der Waals surface area contributed by atoms with E-state index in [1.165, 1.54) is 0 Å². The van der Waals surface area contributed by atoms with Crippen LogP contribution in [0.1, 0.15) is 11.5 Å². The summed E-state index contributed by atoms with van der Waals surface area (Å²) in [5.41, 5.74) is 2.30. The minimum absolute atomic E-state index is 0.502. The maximum absolute atomic E-state index is 5.94. The third-order valence-electron chi connectivity index (χ3n) is 3.21. The molecule has 112 valence electrons. The van der Waals surface area contributed by atoms with Gasteiger partial charge in [-0.25, -0.2) is 4.98 Å². The Morgan fingerprint density at radius 1 is 1.09 bits per heavy atom. The van der Waals surface area contributed by atoms with E-state index in [2.05, 4.69) is 4.98 Å². The van der Waals surface area contributed by atoms with Crippen LogP contribution in [0.4, 0.5) is 0 Å². The summed E-state index contributed by atoms with van der Waals surface area (Å²) in [4.78, 5) is 4.38. The molecule has 1 aromatic heterocycles. The first-order chi connectivity index (χ1) is 10.7. The van der Waals surface area contributed by atoms with Crippen LogP contribution >= 0.6 is 11.6 Å². The Hall–Kier alpha value is -2.46. The van der Waals surface area contributed by atoms with Crippen molar-refractivity contribution >= 4 is 34.9 Å². The number of aromatic nitrogens is 1. The van der Waals surface area contributed by atoms with Crippen molar-refractivity contribution in [3.05, 3.63) is 52.9 Å². The first-order valence-corrected chi connectivity index (χ1v) is 7.04. The molecule has 0 saturated carbocycles. The van der Waals surface area contributed by atoms with Gasteiger partial charge in [0, 0.05) is 16.7 Å². The number of oxazole rings is 1. The van der Waals surface area contributed by atoms with Gasteiger partial charge in [0.25, 0.3) is 0 Å². The van der Waals surface area contributed by atoms with Gasteiger partial charge in [-0.15, -0.1) is 0 Å². The molecule has 0 aliphatic rings. The molecule has 0 amide bonds. The maximum Gasteiger partial charge on any atom is 0.220 e. The lowest BCUT2D eigenvalue weighted by atomic mass is 10.1. The Morgan fingerprint density at radius 3 is 2.73 bits per heavy atom. The highest BCUT2D eigenvalue weighted by atomic mass is 35.5. The van der Waals surface area contributed by atoms with Gasteiger partial charge in [-0.05, 0) is 30.3 Å². The van der Waals surface area contributed by atoms with Gasteiger partial charge in [0.15, 0.2) is 17.1 Å². The minimum Gasteiger partial charge on any atom is -0.493 e. The van der Waals surface area contributed by atoms with Crippen LogP contribution in [0.25, 0.3) is 23.3 Å². The second-order valence-electron chi connectivity index (χ2n) is 4.58. The molecule has 5 heteroatoms. The van der Waals surface area contributed by atoms with Gasteiger partial charge < -0.3 is 13.9 Å². The van der Waals surface area contributed by atoms with E-state index in [0.717, 1.165) is 11.1 Å². The van der Waals surface area contributed by atoms with E-state index in [9.17, 15) is 0 Å². The van der Waals surface area contributed by atoms with E-state index < -0.39 is 0 Å². The average molecular weight is 316 g/mol. The Kier molecular flexibility index (Phi) is 4.02. The summed E-state index contributed by atoms with van der Waals surface area (Å²) in [6, 6.07) is 11.0. The molecule has 22 heavy (non-hydrogen) atoms. The van der Waals surface area contributed by atoms with E-state index in [0.29, 0.717) is 28.0 Å². The lowest BCUT2D eigenvalue weighted by Gasteiger charge is -2.09. The van der Waals surface area contributed by atoms with Crippen LogP contribution in [-0.2, 0) is 0 Å². The van der Waals surface area contributed by atoms with Crippen molar-refractivity contribution in [2.75, 3.05) is 14.2 Å². The van der Waals surface area contributed by atoms with Crippen LogP contribution in [0.2, 0.25) is 5.02 Å². The van der Waals surface area contributed by atoms with E-state index in [4.69, 9.17) is 25.5 Å². The van der Waals surface area contributed by atoms with E-state index in [1.807, 2.05) is 24.3 Å². The predicted octanol–water partition coefficient (Wildman–Crippen LogP) is 4.67. The Balaban J connectivity index is 1.95. The van der Waals surface area contributed by atoms with Crippen LogP contribution in [0.3, 0.4) is 0 Å². The molecule has 0 unspecified atom stereocenters. The van der Waals surface area contributed by atoms with Crippen molar-refractivity contribution in [3.63, 3.8) is 0 Å². The smallest absolute Gasteiger partial charge is 0.220 e. The predicted molar refractivity (Wildman–Crippen MR) is 87.5 cm³/mol. The number of rotatable bonds is 4. The van der Waals surface area contributed by atoms with Gasteiger partial charge in [0.05, 0.1) is 14.2 Å². The highest BCUT2D eigenvalue weighted by Gasteiger charge is 2.08. The molecular formula is C17H14ClNO3. The number of benzene rings is 2. The van der Waals surface area contributed by atoms with Crippen LogP contribution < -0.4 is 9.47 Å². The van der Waals surface area contributed by atoms with Gasteiger partial charge in [0.1, 0.15) is 5.52 Å². The van der Waals surface area contributed by atoms with Crippen molar-refractivity contribution in [2.24, 2.45) is 0 Å². The number of nitrogens with zero attached hydrogens (tertiary/aromatic N) is 1. The molecule has 2 aromatic carbocycles. The summed E-state index contributed by atoms with van der Waals surface area (Å²) in [6.45, 7) is 0. The zero-order valence-corrected chi connectivity index (χ0v) is 12.9. The summed E-state index contributed by atoms with van der Waals surface area (Å²) < 4.78 is 16.3. The molecule has 0 atom stereocenters. The quantitative estimate of drug-likeness (QED) is 0.702. The number of hydrogen-bond acceptors (Lipinski definition) is 4. The molecule has 0 radical (unpaired) electrons. The summed E-state index contributed by atoms with van der Waals surface area (Å²) in [6.07, 6.45) is 3.65. The SMILES string of the molecule is COc1cccc(/C=C/c2nc3cc(Cl)ccc3o2)c1OC. The summed E-state index contributed by atoms with van der Waals surface area (Å²) in [5, 5.41) is 0.630. The van der Waals surface area contributed by atoms with Crippen LogP contribution in [0, 0.1) is 0 Å². The van der Waals surface area contributed by atoms with Gasteiger partial charge >= 0.3 is 0 Å². The zero-order valence-electron chi connectivity index (χ0n) is 12.2. The monoisotopic (exact) mass is 315 g/mol. The van der Waals surface area contributed by atoms with Gasteiger partial charge in [0.2, 0.25) is 5.89 Å². The Morgan fingerprint density at radius 2 is 1.95 bits per heavy atom. The molecule has 0 N–H and O–H groups in total. The van der Waals surface area contributed by atoms with E-state index in [1.54, 1.807) is 38.5 Å². The van der Waals surface area contributed by atoms with Gasteiger partial charge in [-0.2, -0.15) is 0 Å². The number of para-hydroxylation sites is 1. The fourth-order valence-electron chi connectivity index (χ4n) is 2.19. The summed E-state index contributed by atoms with van der Waals surface area (Å²) in [7, 11) is 3.21. The summed E-state index contributed by atoms with van der Waals surface area (Å²) in [5.74, 6) is 1.84. The molecule has 0 aliphatic heterocycles. The molecule has 4 nitrogen and oxygen atoms in total. The number of halogens is 1. The fraction of sp³-hybridized carbons (Fsp3) is 0.118. The van der Waals surface area contributed by atoms with Crippen molar-refractivity contribution in [1.82, 2.24) is 4.98 Å². The van der Waals surface area contributed by atoms with Crippen LogP contribution in [-0.4, -0.2) is 19.2 Å². The lowest BCUT2D eigenvalue weighted by Crippen LogP contribution is -1.92. The van der Waals surface area contributed by atoms with Crippen molar-refractivity contribution in [1.29, 1.82) is 0 Å². The number of fused-ring (bicyclic) bond motifs is 1. The third kappa shape index (κ3) is 2.78. The summed E-state index contributed by atoms with van der Waals surface area (Å²) >= 11 is 5.94. The van der Waals surface area contributed by atoms with E-state index in [-0.39, 0.29) is 0 Å². The molecule has 0 spiro atoms. The Labute approximate surface area is 132 Å². The molecule has 0 aliphatic carbocycles. The third-order valence-corrected chi connectivity index (χ3v) is 3.44. The van der Waals surface area contributed by atoms with Crippen LogP contribution in [0.5, 0.6) is 11.5 Å². The normalized spacial score (nSPS) is 11.2. The fourth-order valence-corrected chi connectivity index (χ4v) is 2.36. The molecule has 3 rings (SSSR count). The van der Waals surface area contributed by atoms with Crippen molar-refractivity contribution in [2.45, 2.75) is 0 Å². The lowest BCUT2D eigenvalue weighted by molar-refractivity contribution is 0.354. The van der Waals surface area contributed by atoms with E-state index >= 15 is 0 Å². The molecule has 0 saturated heterocycles. The number of hydrogen-bond donors (Lipinski definition) is 0. The Bertz CT molecular complexity index is 839. The standard InChI is InChI=1S/C17H14ClNO3/c1-20-15-5-3-4-11(17(15)21-2)6-9-16-19-13-10-12(18)7-8-14(13)22-16/h3-10H,1-2H3/b9-6+. The zero-order chi connectivity index (χ0) is 15.5. The minimum atomic E-state index is 0.502. The average Bonchev–Trinajstić information content (AvgIpc) is 2.94.